The van der Waals surface area contributed by atoms with E-state index in [2.05, 4.69) is 15.3 Å². The van der Waals surface area contributed by atoms with Gasteiger partial charge < -0.3 is 14.6 Å². The molecule has 2 fully saturated rings. The molecule has 3 aromatic rings. The number of carbonyl (C=O) groups excluding carboxylic acids is 1. The fourth-order valence-corrected chi connectivity index (χ4v) is 3.34. The van der Waals surface area contributed by atoms with Gasteiger partial charge in [-0.3, -0.25) is 4.79 Å². The highest BCUT2D eigenvalue weighted by molar-refractivity contribution is 5.98. The number of rotatable bonds is 4. The average Bonchev–Trinajstić information content (AvgIpc) is 3.17. The standard InChI is InChI=1S/C18H19N5O2/c1-25-14-5-4-12-6-16(19-15(12)7-14)18(24)22-8-13(9-22)23-10-17(20-21-23)11-2-3-11/h4-7,10-11,13,19H,2-3,8-9H2,1H3. The van der Waals surface area contributed by atoms with Gasteiger partial charge in [-0.15, -0.1) is 5.10 Å². The summed E-state index contributed by atoms with van der Waals surface area (Å²) in [5.41, 5.74) is 2.61. The minimum Gasteiger partial charge on any atom is -0.497 e. The van der Waals surface area contributed by atoms with Crippen molar-refractivity contribution in [2.45, 2.75) is 24.8 Å². The van der Waals surface area contributed by atoms with E-state index in [1.54, 1.807) is 7.11 Å². The monoisotopic (exact) mass is 337 g/mol. The van der Waals surface area contributed by atoms with Gasteiger partial charge in [-0.25, -0.2) is 4.68 Å². The molecule has 7 heteroatoms. The first-order valence-corrected chi connectivity index (χ1v) is 8.59. The predicted octanol–water partition coefficient (Wildman–Crippen LogP) is 2.34. The Bertz CT molecular complexity index is 949. The smallest absolute Gasteiger partial charge is 0.270 e. The zero-order valence-electron chi connectivity index (χ0n) is 14.0. The van der Waals surface area contributed by atoms with Crippen LogP contribution in [0.1, 0.15) is 41.0 Å². The SMILES string of the molecule is COc1ccc2cc(C(=O)N3CC(n4cc(C5CC5)nn4)C3)[nH]c2c1. The Morgan fingerprint density at radius 1 is 1.28 bits per heavy atom. The minimum absolute atomic E-state index is 0.0222. The van der Waals surface area contributed by atoms with Gasteiger partial charge in [0.15, 0.2) is 0 Å². The number of benzene rings is 1. The highest BCUT2D eigenvalue weighted by Gasteiger charge is 2.35. The first kappa shape index (κ1) is 14.5. The number of likely N-dealkylation sites (tertiary alicyclic amines) is 1. The van der Waals surface area contributed by atoms with Gasteiger partial charge in [0.25, 0.3) is 5.91 Å². The van der Waals surface area contributed by atoms with E-state index in [0.29, 0.717) is 24.7 Å². The number of carbonyl (C=O) groups is 1. The molecule has 7 nitrogen and oxygen atoms in total. The molecule has 1 N–H and O–H groups in total. The fourth-order valence-electron chi connectivity index (χ4n) is 3.34. The van der Waals surface area contributed by atoms with E-state index in [4.69, 9.17) is 4.74 Å². The second kappa shape index (κ2) is 5.34. The Balaban J connectivity index is 1.28. The molecule has 2 aliphatic rings. The Morgan fingerprint density at radius 3 is 2.88 bits per heavy atom. The first-order valence-electron chi connectivity index (χ1n) is 8.59. The third-order valence-electron chi connectivity index (χ3n) is 5.11. The summed E-state index contributed by atoms with van der Waals surface area (Å²) >= 11 is 0. The van der Waals surface area contributed by atoms with Crippen LogP contribution in [-0.2, 0) is 0 Å². The van der Waals surface area contributed by atoms with Crippen LogP contribution < -0.4 is 4.74 Å². The van der Waals surface area contributed by atoms with E-state index in [1.807, 2.05) is 40.0 Å². The van der Waals surface area contributed by atoms with Crippen molar-refractivity contribution < 1.29 is 9.53 Å². The molecule has 25 heavy (non-hydrogen) atoms. The van der Waals surface area contributed by atoms with Crippen LogP contribution >= 0.6 is 0 Å². The van der Waals surface area contributed by atoms with Gasteiger partial charge >= 0.3 is 0 Å². The van der Waals surface area contributed by atoms with Crippen LogP contribution in [0.4, 0.5) is 0 Å². The number of hydrogen-bond acceptors (Lipinski definition) is 4. The van der Waals surface area contributed by atoms with Gasteiger partial charge in [-0.05, 0) is 31.0 Å². The lowest BCUT2D eigenvalue weighted by Gasteiger charge is -2.38. The summed E-state index contributed by atoms with van der Waals surface area (Å²) in [4.78, 5) is 17.7. The second-order valence-corrected chi connectivity index (χ2v) is 6.90. The van der Waals surface area contributed by atoms with Crippen molar-refractivity contribution in [1.82, 2.24) is 24.9 Å². The Morgan fingerprint density at radius 2 is 2.12 bits per heavy atom. The molecule has 128 valence electrons. The van der Waals surface area contributed by atoms with Crippen molar-refractivity contribution in [1.29, 1.82) is 0 Å². The maximum absolute atomic E-state index is 12.7. The molecular weight excluding hydrogens is 318 g/mol. The number of nitrogens with one attached hydrogen (secondary N) is 1. The number of amides is 1. The minimum atomic E-state index is 0.0222. The topological polar surface area (TPSA) is 76.0 Å². The number of ether oxygens (including phenoxy) is 1. The molecule has 0 spiro atoms. The third-order valence-corrected chi connectivity index (χ3v) is 5.11. The molecule has 5 rings (SSSR count). The summed E-state index contributed by atoms with van der Waals surface area (Å²) in [7, 11) is 1.63. The van der Waals surface area contributed by atoms with E-state index in [1.165, 1.54) is 12.8 Å². The second-order valence-electron chi connectivity index (χ2n) is 6.90. The van der Waals surface area contributed by atoms with Gasteiger partial charge in [0.05, 0.1) is 18.8 Å². The Hall–Kier alpha value is -2.83. The number of aromatic amines is 1. The summed E-state index contributed by atoms with van der Waals surface area (Å²) in [6.45, 7) is 1.34. The molecular formula is C18H19N5O2. The number of hydrogen-bond donors (Lipinski definition) is 1. The molecule has 0 radical (unpaired) electrons. The molecule has 1 aromatic carbocycles. The number of methoxy groups -OCH3 is 1. The lowest BCUT2D eigenvalue weighted by Crippen LogP contribution is -2.51. The van der Waals surface area contributed by atoms with Crippen molar-refractivity contribution >= 4 is 16.8 Å². The maximum atomic E-state index is 12.7. The van der Waals surface area contributed by atoms with Crippen LogP contribution in [0.25, 0.3) is 10.9 Å². The Labute approximate surface area is 144 Å². The van der Waals surface area contributed by atoms with Crippen LogP contribution in [0.5, 0.6) is 5.75 Å². The highest BCUT2D eigenvalue weighted by Crippen LogP contribution is 2.39. The van der Waals surface area contributed by atoms with Crippen molar-refractivity contribution in [3.63, 3.8) is 0 Å². The summed E-state index contributed by atoms with van der Waals surface area (Å²) in [5.74, 6) is 1.40. The molecule has 0 unspecified atom stereocenters. The predicted molar refractivity (Wildman–Crippen MR) is 91.8 cm³/mol. The molecule has 2 aromatic heterocycles. The third kappa shape index (κ3) is 2.47. The van der Waals surface area contributed by atoms with Crippen LogP contribution in [0.2, 0.25) is 0 Å². The number of aromatic nitrogens is 4. The number of fused-ring (bicyclic) bond motifs is 1. The van der Waals surface area contributed by atoms with Crippen LogP contribution in [0, 0.1) is 0 Å². The van der Waals surface area contributed by atoms with Gasteiger partial charge in [0.2, 0.25) is 0 Å². The van der Waals surface area contributed by atoms with Gasteiger partial charge in [-0.1, -0.05) is 5.21 Å². The van der Waals surface area contributed by atoms with E-state index < -0.39 is 0 Å². The van der Waals surface area contributed by atoms with Crippen molar-refractivity contribution in [3.05, 3.63) is 41.9 Å². The zero-order valence-corrected chi connectivity index (χ0v) is 14.0. The molecule has 0 bridgehead atoms. The largest absolute Gasteiger partial charge is 0.497 e. The lowest BCUT2D eigenvalue weighted by atomic mass is 10.1. The van der Waals surface area contributed by atoms with Crippen LogP contribution in [0.3, 0.4) is 0 Å². The van der Waals surface area contributed by atoms with Gasteiger partial charge in [-0.2, -0.15) is 0 Å². The molecule has 1 amide bonds. The summed E-state index contributed by atoms with van der Waals surface area (Å²) in [6.07, 6.45) is 4.48. The summed E-state index contributed by atoms with van der Waals surface area (Å²) < 4.78 is 7.14. The van der Waals surface area contributed by atoms with E-state index >= 15 is 0 Å². The zero-order chi connectivity index (χ0) is 17.0. The molecule has 3 heterocycles. The Kier molecular flexibility index (Phi) is 3.10. The quantitative estimate of drug-likeness (QED) is 0.793. The number of H-pyrrole nitrogens is 1. The van der Waals surface area contributed by atoms with Crippen LogP contribution in [0.15, 0.2) is 30.5 Å². The van der Waals surface area contributed by atoms with Crippen LogP contribution in [-0.4, -0.2) is 51.0 Å². The number of nitrogens with zero attached hydrogens (tertiary/aromatic N) is 4. The van der Waals surface area contributed by atoms with Crippen molar-refractivity contribution in [2.75, 3.05) is 20.2 Å². The summed E-state index contributed by atoms with van der Waals surface area (Å²) in [6, 6.07) is 7.88. The van der Waals surface area contributed by atoms with E-state index in [-0.39, 0.29) is 11.9 Å². The summed E-state index contributed by atoms with van der Waals surface area (Å²) in [5, 5.41) is 9.48. The molecule has 1 saturated carbocycles. The highest BCUT2D eigenvalue weighted by atomic mass is 16.5. The average molecular weight is 337 g/mol. The van der Waals surface area contributed by atoms with Gasteiger partial charge in [0.1, 0.15) is 11.4 Å². The lowest BCUT2D eigenvalue weighted by molar-refractivity contribution is 0.0493. The van der Waals surface area contributed by atoms with Crippen molar-refractivity contribution in [2.24, 2.45) is 0 Å². The normalized spacial score (nSPS) is 17.7. The molecule has 1 aliphatic carbocycles. The maximum Gasteiger partial charge on any atom is 0.270 e. The first-order chi connectivity index (χ1) is 12.2. The van der Waals surface area contributed by atoms with Crippen molar-refractivity contribution in [3.8, 4) is 5.75 Å². The molecule has 0 atom stereocenters. The fraction of sp³-hybridized carbons (Fsp3) is 0.389. The van der Waals surface area contributed by atoms with E-state index in [0.717, 1.165) is 22.3 Å². The van der Waals surface area contributed by atoms with E-state index in [9.17, 15) is 4.79 Å². The molecule has 1 saturated heterocycles. The molecule has 1 aliphatic heterocycles. The van der Waals surface area contributed by atoms with Gasteiger partial charge in [0, 0.05) is 42.2 Å².